The molecule has 1 rings (SSSR count). The molecule has 0 aliphatic carbocycles. The van der Waals surface area contributed by atoms with E-state index < -0.39 is 23.6 Å². The van der Waals surface area contributed by atoms with Crippen molar-refractivity contribution in [1.29, 1.82) is 0 Å². The first kappa shape index (κ1) is 18.0. The van der Waals surface area contributed by atoms with Gasteiger partial charge in [-0.3, -0.25) is 0 Å². The van der Waals surface area contributed by atoms with Crippen molar-refractivity contribution in [2.45, 2.75) is 26.4 Å². The lowest BCUT2D eigenvalue weighted by Gasteiger charge is -2.19. The van der Waals surface area contributed by atoms with Gasteiger partial charge in [-0.1, -0.05) is 11.8 Å². The van der Waals surface area contributed by atoms with Crippen molar-refractivity contribution in [1.82, 2.24) is 5.32 Å². The number of rotatable bonds is 3. The monoisotopic (exact) mass is 319 g/mol. The van der Waals surface area contributed by atoms with Crippen molar-refractivity contribution in [3.63, 3.8) is 0 Å². The number of ether oxygens (including phenoxy) is 1. The zero-order chi connectivity index (χ0) is 17.6. The van der Waals surface area contributed by atoms with Crippen LogP contribution in [0.5, 0.6) is 0 Å². The van der Waals surface area contributed by atoms with Crippen LogP contribution in [0.3, 0.4) is 0 Å². The molecule has 0 atom stereocenters. The SMILES string of the molecule is CC(C)(C)OC(=O)NCC#Cc1ccc(C(=O)O)cc1C(=O)O. The Bertz CT molecular complexity index is 691. The van der Waals surface area contributed by atoms with E-state index in [0.717, 1.165) is 6.07 Å². The molecule has 1 amide bonds. The number of hydrogen-bond donors (Lipinski definition) is 3. The Morgan fingerprint density at radius 2 is 1.83 bits per heavy atom. The molecule has 0 bridgehead atoms. The van der Waals surface area contributed by atoms with Crippen molar-refractivity contribution in [2.75, 3.05) is 6.54 Å². The normalized spacial score (nSPS) is 10.2. The van der Waals surface area contributed by atoms with Gasteiger partial charge in [0.05, 0.1) is 17.7 Å². The van der Waals surface area contributed by atoms with E-state index in [1.54, 1.807) is 20.8 Å². The van der Waals surface area contributed by atoms with Crippen LogP contribution in [0.2, 0.25) is 0 Å². The molecule has 0 unspecified atom stereocenters. The van der Waals surface area contributed by atoms with Crippen LogP contribution in [0.15, 0.2) is 18.2 Å². The van der Waals surface area contributed by atoms with E-state index in [2.05, 4.69) is 17.2 Å². The topological polar surface area (TPSA) is 113 Å². The van der Waals surface area contributed by atoms with Crippen LogP contribution in [0.4, 0.5) is 4.79 Å². The summed E-state index contributed by atoms with van der Waals surface area (Å²) in [5, 5.41) is 20.4. The molecule has 7 heteroatoms. The van der Waals surface area contributed by atoms with E-state index in [4.69, 9.17) is 14.9 Å². The molecule has 0 fully saturated rings. The van der Waals surface area contributed by atoms with Crippen LogP contribution in [0, 0.1) is 11.8 Å². The standard InChI is InChI=1S/C16H17NO6/c1-16(2,3)23-15(22)17-8-4-5-10-6-7-11(13(18)19)9-12(10)14(20)21/h6-7,9H,8H2,1-3H3,(H,17,22)(H,18,19)(H,20,21). The van der Waals surface area contributed by atoms with Gasteiger partial charge in [-0.25, -0.2) is 14.4 Å². The molecule has 0 saturated carbocycles. The van der Waals surface area contributed by atoms with Crippen molar-refractivity contribution >= 4 is 18.0 Å². The number of aromatic carboxylic acids is 2. The lowest BCUT2D eigenvalue weighted by molar-refractivity contribution is 0.0533. The number of hydrogen-bond acceptors (Lipinski definition) is 4. The molecule has 0 saturated heterocycles. The summed E-state index contributed by atoms with van der Waals surface area (Å²) in [5.74, 6) is 2.67. The van der Waals surface area contributed by atoms with Gasteiger partial charge in [-0.15, -0.1) is 0 Å². The fraction of sp³-hybridized carbons (Fsp3) is 0.312. The number of nitrogens with one attached hydrogen (secondary N) is 1. The zero-order valence-corrected chi connectivity index (χ0v) is 13.0. The molecular formula is C16H17NO6. The maximum atomic E-state index is 11.4. The third-order valence-corrected chi connectivity index (χ3v) is 2.44. The Balaban J connectivity index is 2.80. The quantitative estimate of drug-likeness (QED) is 0.734. The molecule has 0 aromatic heterocycles. The molecule has 0 aliphatic heterocycles. The van der Waals surface area contributed by atoms with Gasteiger partial charge < -0.3 is 20.3 Å². The minimum absolute atomic E-state index is 0.0331. The molecule has 0 radical (unpaired) electrons. The molecule has 0 spiro atoms. The van der Waals surface area contributed by atoms with Crippen molar-refractivity contribution in [3.8, 4) is 11.8 Å². The highest BCUT2D eigenvalue weighted by molar-refractivity contribution is 5.95. The highest BCUT2D eigenvalue weighted by Gasteiger charge is 2.15. The van der Waals surface area contributed by atoms with Crippen molar-refractivity contribution in [3.05, 3.63) is 34.9 Å². The number of benzene rings is 1. The number of alkyl carbamates (subject to hydrolysis) is 1. The van der Waals surface area contributed by atoms with Crippen LogP contribution in [0.25, 0.3) is 0 Å². The van der Waals surface area contributed by atoms with Crippen LogP contribution in [-0.2, 0) is 4.74 Å². The van der Waals surface area contributed by atoms with Crippen LogP contribution in [0.1, 0.15) is 47.1 Å². The van der Waals surface area contributed by atoms with Gasteiger partial charge in [-0.05, 0) is 39.0 Å². The first-order chi connectivity index (χ1) is 10.6. The second kappa shape index (κ2) is 7.31. The van der Waals surface area contributed by atoms with Gasteiger partial charge in [-0.2, -0.15) is 0 Å². The number of carboxylic acids is 2. The highest BCUT2D eigenvalue weighted by Crippen LogP contribution is 2.11. The minimum atomic E-state index is -1.28. The maximum absolute atomic E-state index is 11.4. The van der Waals surface area contributed by atoms with Gasteiger partial charge in [0, 0.05) is 5.56 Å². The lowest BCUT2D eigenvalue weighted by atomic mass is 10.0. The first-order valence-corrected chi connectivity index (χ1v) is 6.66. The molecule has 1 aromatic carbocycles. The van der Waals surface area contributed by atoms with E-state index in [9.17, 15) is 14.4 Å². The third-order valence-electron chi connectivity index (χ3n) is 2.44. The summed E-state index contributed by atoms with van der Waals surface area (Å²) in [6, 6.07) is 3.61. The highest BCUT2D eigenvalue weighted by atomic mass is 16.6. The summed E-state index contributed by atoms with van der Waals surface area (Å²) in [5.41, 5.74) is -0.816. The largest absolute Gasteiger partial charge is 0.478 e. The maximum Gasteiger partial charge on any atom is 0.408 e. The molecule has 23 heavy (non-hydrogen) atoms. The van der Waals surface area contributed by atoms with Crippen LogP contribution >= 0.6 is 0 Å². The van der Waals surface area contributed by atoms with Gasteiger partial charge in [0.1, 0.15) is 5.60 Å². The molecule has 0 heterocycles. The second-order valence-electron chi connectivity index (χ2n) is 5.53. The van der Waals surface area contributed by atoms with Gasteiger partial charge in [0.2, 0.25) is 0 Å². The van der Waals surface area contributed by atoms with E-state index in [0.29, 0.717) is 0 Å². The van der Waals surface area contributed by atoms with Gasteiger partial charge >= 0.3 is 18.0 Å². The molecule has 1 aromatic rings. The number of carboxylic acid groups (broad SMARTS) is 2. The van der Waals surface area contributed by atoms with Gasteiger partial charge in [0.15, 0.2) is 0 Å². The first-order valence-electron chi connectivity index (χ1n) is 6.66. The molecule has 3 N–H and O–H groups in total. The van der Waals surface area contributed by atoms with E-state index in [1.165, 1.54) is 12.1 Å². The number of carbonyl (C=O) groups is 3. The minimum Gasteiger partial charge on any atom is -0.478 e. The average Bonchev–Trinajstić information content (AvgIpc) is 2.41. The molecule has 7 nitrogen and oxygen atoms in total. The Labute approximate surface area is 133 Å². The predicted octanol–water partition coefficient (Wildman–Crippen LogP) is 1.96. The molecular weight excluding hydrogens is 302 g/mol. The summed E-state index contributed by atoms with van der Waals surface area (Å²) in [4.78, 5) is 33.4. The van der Waals surface area contributed by atoms with Gasteiger partial charge in [0.25, 0.3) is 0 Å². The third kappa shape index (κ3) is 6.09. The van der Waals surface area contributed by atoms with Crippen molar-refractivity contribution in [2.24, 2.45) is 0 Å². The summed E-state index contributed by atoms with van der Waals surface area (Å²) in [7, 11) is 0. The smallest absolute Gasteiger partial charge is 0.408 e. The second-order valence-corrected chi connectivity index (χ2v) is 5.53. The summed E-state index contributed by atoms with van der Waals surface area (Å²) >= 11 is 0. The Morgan fingerprint density at radius 3 is 2.35 bits per heavy atom. The van der Waals surface area contributed by atoms with Crippen LogP contribution < -0.4 is 5.32 Å². The molecule has 0 aliphatic rings. The Hall–Kier alpha value is -3.01. The average molecular weight is 319 g/mol. The van der Waals surface area contributed by atoms with Crippen LogP contribution in [-0.4, -0.2) is 40.4 Å². The predicted molar refractivity (Wildman–Crippen MR) is 81.5 cm³/mol. The number of amides is 1. The Morgan fingerprint density at radius 1 is 1.17 bits per heavy atom. The van der Waals surface area contributed by atoms with E-state index in [1.807, 2.05) is 0 Å². The fourth-order valence-corrected chi connectivity index (χ4v) is 1.53. The summed E-state index contributed by atoms with van der Waals surface area (Å²) < 4.78 is 5.02. The summed E-state index contributed by atoms with van der Waals surface area (Å²) in [6.45, 7) is 5.14. The Kier molecular flexibility index (Phi) is 5.74. The fourth-order valence-electron chi connectivity index (χ4n) is 1.53. The summed E-state index contributed by atoms with van der Waals surface area (Å²) in [6.07, 6.45) is -0.633. The number of carbonyl (C=O) groups excluding carboxylic acids is 1. The lowest BCUT2D eigenvalue weighted by Crippen LogP contribution is -2.32. The zero-order valence-electron chi connectivity index (χ0n) is 13.0. The van der Waals surface area contributed by atoms with E-state index >= 15 is 0 Å². The van der Waals surface area contributed by atoms with Crippen molar-refractivity contribution < 1.29 is 29.3 Å². The molecule has 122 valence electrons. The van der Waals surface area contributed by atoms with E-state index in [-0.39, 0.29) is 23.2 Å².